The van der Waals surface area contributed by atoms with Crippen LogP contribution in [0.25, 0.3) is 0 Å². The lowest BCUT2D eigenvalue weighted by Gasteiger charge is -2.32. The third-order valence-electron chi connectivity index (χ3n) is 3.90. The lowest BCUT2D eigenvalue weighted by molar-refractivity contribution is -0.118. The number of carbonyl (C=O) groups is 2. The van der Waals surface area contributed by atoms with Crippen LogP contribution in [-0.4, -0.2) is 55.1 Å². The molecule has 1 fully saturated rings. The van der Waals surface area contributed by atoms with Crippen molar-refractivity contribution in [3.05, 3.63) is 0 Å². The van der Waals surface area contributed by atoms with Gasteiger partial charge in [0.1, 0.15) is 0 Å². The number of nitrogens with one attached hydrogen (secondary N) is 3. The third-order valence-corrected chi connectivity index (χ3v) is 3.90. The highest BCUT2D eigenvalue weighted by Gasteiger charge is 2.24. The molecule has 1 rings (SSSR count). The van der Waals surface area contributed by atoms with E-state index in [4.69, 9.17) is 0 Å². The quantitative estimate of drug-likeness (QED) is 0.587. The molecule has 21 heavy (non-hydrogen) atoms. The first kappa shape index (κ1) is 17.8. The largest absolute Gasteiger partial charge is 0.355 e. The summed E-state index contributed by atoms with van der Waals surface area (Å²) in [6, 6.07) is 1.02. The van der Waals surface area contributed by atoms with Crippen LogP contribution in [-0.2, 0) is 4.79 Å². The van der Waals surface area contributed by atoms with Crippen LogP contribution < -0.4 is 16.0 Å². The molecule has 0 spiro atoms. The van der Waals surface area contributed by atoms with E-state index in [-0.39, 0.29) is 11.9 Å². The standard InChI is InChI=1S/C15H30N4O2/c1-12(2)19(14-6-4-5-7-14)11-10-18-15(21)17-9-8-16-13(3)20/h12,14H,4-11H2,1-3H3,(H,16,20)(H2,17,18,21). The van der Waals surface area contributed by atoms with E-state index < -0.39 is 0 Å². The van der Waals surface area contributed by atoms with Crippen LogP contribution in [0.3, 0.4) is 0 Å². The monoisotopic (exact) mass is 298 g/mol. The average molecular weight is 298 g/mol. The minimum atomic E-state index is -0.171. The van der Waals surface area contributed by atoms with Crippen LogP contribution in [0.1, 0.15) is 46.5 Å². The summed E-state index contributed by atoms with van der Waals surface area (Å²) in [5.74, 6) is -0.0821. The van der Waals surface area contributed by atoms with Crippen molar-refractivity contribution in [3.63, 3.8) is 0 Å². The second-order valence-corrected chi connectivity index (χ2v) is 5.94. The Bertz CT molecular complexity index is 328. The molecular formula is C15H30N4O2. The number of hydrogen-bond acceptors (Lipinski definition) is 3. The predicted octanol–water partition coefficient (Wildman–Crippen LogP) is 1.07. The molecule has 0 bridgehead atoms. The van der Waals surface area contributed by atoms with Gasteiger partial charge in [-0.15, -0.1) is 0 Å². The van der Waals surface area contributed by atoms with Crippen LogP contribution in [0, 0.1) is 0 Å². The number of carbonyl (C=O) groups excluding carboxylic acids is 2. The Hall–Kier alpha value is -1.30. The molecule has 6 heteroatoms. The summed E-state index contributed by atoms with van der Waals surface area (Å²) in [6.07, 6.45) is 5.21. The van der Waals surface area contributed by atoms with Gasteiger partial charge in [-0.05, 0) is 26.7 Å². The molecule has 1 aliphatic carbocycles. The molecule has 6 nitrogen and oxygen atoms in total. The highest BCUT2D eigenvalue weighted by molar-refractivity contribution is 5.74. The van der Waals surface area contributed by atoms with Crippen LogP contribution in [0.5, 0.6) is 0 Å². The van der Waals surface area contributed by atoms with E-state index in [9.17, 15) is 9.59 Å². The second kappa shape index (κ2) is 9.60. The van der Waals surface area contributed by atoms with Crippen LogP contribution in [0.2, 0.25) is 0 Å². The average Bonchev–Trinajstić information content (AvgIpc) is 2.92. The fourth-order valence-corrected chi connectivity index (χ4v) is 2.87. The van der Waals surface area contributed by atoms with Crippen molar-refractivity contribution in [1.29, 1.82) is 0 Å². The summed E-state index contributed by atoms with van der Waals surface area (Å²) in [4.78, 5) is 24.8. The van der Waals surface area contributed by atoms with Gasteiger partial charge in [-0.1, -0.05) is 12.8 Å². The zero-order chi connectivity index (χ0) is 15.7. The molecule has 0 aliphatic heterocycles. The summed E-state index contributed by atoms with van der Waals surface area (Å²) in [5.41, 5.74) is 0. The lowest BCUT2D eigenvalue weighted by atomic mass is 10.1. The molecule has 122 valence electrons. The first-order chi connectivity index (χ1) is 10.0. The van der Waals surface area contributed by atoms with E-state index in [0.717, 1.165) is 6.54 Å². The summed E-state index contributed by atoms with van der Waals surface area (Å²) in [5, 5.41) is 8.24. The minimum absolute atomic E-state index is 0.0821. The molecule has 3 amide bonds. The van der Waals surface area contributed by atoms with Crippen LogP contribution in [0.15, 0.2) is 0 Å². The van der Waals surface area contributed by atoms with Gasteiger partial charge in [-0.2, -0.15) is 0 Å². The maximum atomic E-state index is 11.6. The zero-order valence-electron chi connectivity index (χ0n) is 13.6. The number of rotatable bonds is 8. The number of amides is 3. The van der Waals surface area contributed by atoms with Gasteiger partial charge < -0.3 is 16.0 Å². The molecular weight excluding hydrogens is 268 g/mol. The van der Waals surface area contributed by atoms with Gasteiger partial charge in [0, 0.05) is 45.2 Å². The molecule has 0 atom stereocenters. The van der Waals surface area contributed by atoms with Crippen molar-refractivity contribution in [1.82, 2.24) is 20.9 Å². The molecule has 0 aromatic heterocycles. The Kier molecular flexibility index (Phi) is 8.12. The topological polar surface area (TPSA) is 73.5 Å². The van der Waals surface area contributed by atoms with Crippen molar-refractivity contribution in [2.45, 2.75) is 58.5 Å². The van der Waals surface area contributed by atoms with Crippen molar-refractivity contribution in [2.75, 3.05) is 26.2 Å². The first-order valence-electron chi connectivity index (χ1n) is 8.02. The SMILES string of the molecule is CC(=O)NCCNC(=O)NCCN(C(C)C)C1CCCC1. The van der Waals surface area contributed by atoms with Gasteiger partial charge in [0.05, 0.1) is 0 Å². The van der Waals surface area contributed by atoms with Gasteiger partial charge in [0.2, 0.25) is 5.91 Å². The van der Waals surface area contributed by atoms with Gasteiger partial charge in [0.15, 0.2) is 0 Å². The van der Waals surface area contributed by atoms with E-state index in [1.165, 1.54) is 32.6 Å². The molecule has 3 N–H and O–H groups in total. The molecule has 0 saturated heterocycles. The fraction of sp³-hybridized carbons (Fsp3) is 0.867. The number of urea groups is 1. The maximum absolute atomic E-state index is 11.6. The normalized spacial score (nSPS) is 15.5. The third kappa shape index (κ3) is 7.32. The molecule has 1 aliphatic rings. The Morgan fingerprint density at radius 3 is 2.19 bits per heavy atom. The molecule has 0 radical (unpaired) electrons. The van der Waals surface area contributed by atoms with E-state index in [0.29, 0.717) is 31.7 Å². The van der Waals surface area contributed by atoms with Crippen molar-refractivity contribution < 1.29 is 9.59 Å². The van der Waals surface area contributed by atoms with E-state index in [1.54, 1.807) is 0 Å². The van der Waals surface area contributed by atoms with Gasteiger partial charge in [-0.25, -0.2) is 4.79 Å². The summed E-state index contributed by atoms with van der Waals surface area (Å²) >= 11 is 0. The van der Waals surface area contributed by atoms with E-state index >= 15 is 0 Å². The minimum Gasteiger partial charge on any atom is -0.355 e. The summed E-state index contributed by atoms with van der Waals surface area (Å²) < 4.78 is 0. The smallest absolute Gasteiger partial charge is 0.314 e. The van der Waals surface area contributed by atoms with Crippen molar-refractivity contribution in [3.8, 4) is 0 Å². The van der Waals surface area contributed by atoms with E-state index in [2.05, 4.69) is 34.7 Å². The van der Waals surface area contributed by atoms with Gasteiger partial charge in [0.25, 0.3) is 0 Å². The van der Waals surface area contributed by atoms with E-state index in [1.807, 2.05) is 0 Å². The lowest BCUT2D eigenvalue weighted by Crippen LogP contribution is -2.46. The van der Waals surface area contributed by atoms with Crippen molar-refractivity contribution >= 4 is 11.9 Å². The molecule has 0 aromatic rings. The Morgan fingerprint density at radius 2 is 1.62 bits per heavy atom. The second-order valence-electron chi connectivity index (χ2n) is 5.94. The Balaban J connectivity index is 2.15. The first-order valence-corrected chi connectivity index (χ1v) is 8.02. The number of nitrogens with zero attached hydrogens (tertiary/aromatic N) is 1. The fourth-order valence-electron chi connectivity index (χ4n) is 2.87. The predicted molar refractivity (Wildman–Crippen MR) is 84.2 cm³/mol. The maximum Gasteiger partial charge on any atom is 0.314 e. The summed E-state index contributed by atoms with van der Waals surface area (Å²) in [7, 11) is 0. The molecule has 0 aromatic carbocycles. The summed E-state index contributed by atoms with van der Waals surface area (Å²) in [6.45, 7) is 8.34. The number of hydrogen-bond donors (Lipinski definition) is 3. The molecule has 0 heterocycles. The van der Waals surface area contributed by atoms with Gasteiger partial charge in [-0.3, -0.25) is 9.69 Å². The van der Waals surface area contributed by atoms with Crippen LogP contribution >= 0.6 is 0 Å². The molecule has 0 unspecified atom stereocenters. The Labute approximate surface area is 128 Å². The zero-order valence-corrected chi connectivity index (χ0v) is 13.6. The van der Waals surface area contributed by atoms with Gasteiger partial charge >= 0.3 is 6.03 Å². The Morgan fingerprint density at radius 1 is 1.05 bits per heavy atom. The van der Waals surface area contributed by atoms with Crippen molar-refractivity contribution in [2.24, 2.45) is 0 Å². The highest BCUT2D eigenvalue weighted by atomic mass is 16.2. The molecule has 1 saturated carbocycles. The van der Waals surface area contributed by atoms with Crippen LogP contribution in [0.4, 0.5) is 4.79 Å². The highest BCUT2D eigenvalue weighted by Crippen LogP contribution is 2.24.